The molecule has 182 valence electrons. The molecule has 0 unspecified atom stereocenters. The van der Waals surface area contributed by atoms with E-state index in [1.807, 2.05) is 62.4 Å². The van der Waals surface area contributed by atoms with Gasteiger partial charge in [0.25, 0.3) is 0 Å². The predicted molar refractivity (Wildman–Crippen MR) is 148 cm³/mol. The Morgan fingerprint density at radius 1 is 0.528 bits per heavy atom. The third kappa shape index (κ3) is 5.97. The molecule has 0 aliphatic carbocycles. The largest absolute Gasteiger partial charge is 0.423 e. The monoisotopic (exact) mass is 478 g/mol. The highest BCUT2D eigenvalue weighted by molar-refractivity contribution is 5.91. The van der Waals surface area contributed by atoms with Crippen molar-refractivity contribution in [3.8, 4) is 33.8 Å². The first-order chi connectivity index (χ1) is 17.0. The zero-order valence-electron chi connectivity index (χ0n) is 21.2. The van der Waals surface area contributed by atoms with Crippen molar-refractivity contribution in [1.29, 1.82) is 0 Å². The fraction of sp³-hybridized carbons (Fsp3) is 0.125. The number of allylic oxidation sites excluding steroid dienone is 2. The lowest BCUT2D eigenvalue weighted by atomic mass is 9.96. The van der Waals surface area contributed by atoms with Crippen LogP contribution in [0.3, 0.4) is 0 Å². The highest BCUT2D eigenvalue weighted by Crippen LogP contribution is 2.34. The molecule has 0 amide bonds. The molecule has 3 aromatic carbocycles. The fourth-order valence-corrected chi connectivity index (χ4v) is 3.49. The number of carbonyl (C=O) groups is 2. The first-order valence-corrected chi connectivity index (χ1v) is 11.4. The summed E-state index contributed by atoms with van der Waals surface area (Å²) in [5.74, 6) is -0.0282. The molecular formula is C32H30O4. The van der Waals surface area contributed by atoms with Gasteiger partial charge in [0.1, 0.15) is 11.5 Å². The number of hydrogen-bond donors (Lipinski definition) is 0. The van der Waals surface area contributed by atoms with E-state index in [1.54, 1.807) is 26.0 Å². The second-order valence-corrected chi connectivity index (χ2v) is 8.90. The summed E-state index contributed by atoms with van der Waals surface area (Å²) in [6.45, 7) is 22.3. The molecular weight excluding hydrogens is 448 g/mol. The lowest BCUT2D eigenvalue weighted by Crippen LogP contribution is -2.09. The molecule has 36 heavy (non-hydrogen) atoms. The Morgan fingerprint density at radius 2 is 0.833 bits per heavy atom. The molecule has 0 radical (unpaired) electrons. The molecule has 0 spiro atoms. The van der Waals surface area contributed by atoms with Crippen LogP contribution in [0, 0.1) is 0 Å². The number of benzene rings is 3. The van der Waals surface area contributed by atoms with Crippen LogP contribution in [0.25, 0.3) is 33.4 Å². The van der Waals surface area contributed by atoms with Gasteiger partial charge in [-0.3, -0.25) is 0 Å². The zero-order chi connectivity index (χ0) is 26.6. The van der Waals surface area contributed by atoms with Crippen molar-refractivity contribution >= 4 is 23.1 Å². The lowest BCUT2D eigenvalue weighted by molar-refractivity contribution is -0.130. The maximum absolute atomic E-state index is 12.0. The number of rotatable bonds is 8. The minimum absolute atomic E-state index is 0.333. The zero-order valence-corrected chi connectivity index (χ0v) is 21.2. The Hall–Kier alpha value is -4.44. The van der Waals surface area contributed by atoms with E-state index in [0.717, 1.165) is 44.5 Å². The average Bonchev–Trinajstić information content (AvgIpc) is 2.84. The van der Waals surface area contributed by atoms with Crippen LogP contribution in [-0.2, 0) is 9.59 Å². The van der Waals surface area contributed by atoms with Crippen LogP contribution in [-0.4, -0.2) is 11.9 Å². The standard InChI is InChI=1S/C32H30O4/c1-19(2)27-17-25(13-15-29(27)35-31(33)21(5)6)23-9-11-24(12-10-23)26-14-16-30(28(18-26)20(3)4)36-32(34)22(7)8/h9-18H,1,3,5,7H2,2,4,6,8H3. The van der Waals surface area contributed by atoms with Gasteiger partial charge in [0.15, 0.2) is 0 Å². The van der Waals surface area contributed by atoms with Crippen molar-refractivity contribution in [2.24, 2.45) is 0 Å². The molecule has 4 heteroatoms. The van der Waals surface area contributed by atoms with Gasteiger partial charge in [0, 0.05) is 22.3 Å². The molecule has 0 saturated carbocycles. The molecule has 0 saturated heterocycles. The van der Waals surface area contributed by atoms with Crippen LogP contribution < -0.4 is 9.47 Å². The van der Waals surface area contributed by atoms with Crippen LogP contribution in [0.1, 0.15) is 38.8 Å². The summed E-state index contributed by atoms with van der Waals surface area (Å²) in [5, 5.41) is 0. The van der Waals surface area contributed by atoms with Gasteiger partial charge in [-0.15, -0.1) is 0 Å². The smallest absolute Gasteiger partial charge is 0.338 e. The minimum atomic E-state index is -0.468. The Bertz CT molecular complexity index is 1300. The SMILES string of the molecule is C=C(C)C(=O)Oc1ccc(-c2ccc(-c3ccc(OC(=O)C(=C)C)c(C(=C)C)c3)cc2)cc1C(=C)C. The number of hydrogen-bond acceptors (Lipinski definition) is 4. The molecule has 0 aliphatic heterocycles. The Kier molecular flexibility index (Phi) is 7.90. The van der Waals surface area contributed by atoms with Gasteiger partial charge in [-0.25, -0.2) is 9.59 Å². The van der Waals surface area contributed by atoms with E-state index in [0.29, 0.717) is 22.6 Å². The van der Waals surface area contributed by atoms with Gasteiger partial charge in [-0.2, -0.15) is 0 Å². The Labute approximate surface area is 212 Å². The molecule has 0 fully saturated rings. The molecule has 0 heterocycles. The first kappa shape index (κ1) is 26.2. The van der Waals surface area contributed by atoms with E-state index >= 15 is 0 Å². The summed E-state index contributed by atoms with van der Waals surface area (Å²) in [5.41, 5.74) is 7.72. The first-order valence-electron chi connectivity index (χ1n) is 11.4. The van der Waals surface area contributed by atoms with Crippen molar-refractivity contribution < 1.29 is 19.1 Å². The molecule has 0 atom stereocenters. The maximum Gasteiger partial charge on any atom is 0.338 e. The average molecular weight is 479 g/mol. The quantitative estimate of drug-likeness (QED) is 0.187. The molecule has 0 aliphatic rings. The van der Waals surface area contributed by atoms with Gasteiger partial charge in [-0.1, -0.05) is 62.7 Å². The molecule has 3 aromatic rings. The third-order valence-corrected chi connectivity index (χ3v) is 5.53. The molecule has 4 nitrogen and oxygen atoms in total. The van der Waals surface area contributed by atoms with Gasteiger partial charge >= 0.3 is 11.9 Å². The highest BCUT2D eigenvalue weighted by atomic mass is 16.5. The van der Waals surface area contributed by atoms with E-state index < -0.39 is 11.9 Å². The number of ether oxygens (including phenoxy) is 2. The molecule has 0 bridgehead atoms. The number of esters is 2. The van der Waals surface area contributed by atoms with Crippen molar-refractivity contribution in [1.82, 2.24) is 0 Å². The molecule has 0 N–H and O–H groups in total. The van der Waals surface area contributed by atoms with Crippen molar-refractivity contribution in [3.63, 3.8) is 0 Å². The second kappa shape index (κ2) is 10.9. The fourth-order valence-electron chi connectivity index (χ4n) is 3.49. The lowest BCUT2D eigenvalue weighted by Gasteiger charge is -2.14. The van der Waals surface area contributed by atoms with Crippen LogP contribution in [0.5, 0.6) is 11.5 Å². The topological polar surface area (TPSA) is 52.6 Å². The van der Waals surface area contributed by atoms with E-state index in [1.165, 1.54) is 0 Å². The van der Waals surface area contributed by atoms with Crippen molar-refractivity contribution in [3.05, 3.63) is 109 Å². The van der Waals surface area contributed by atoms with Crippen LogP contribution in [0.4, 0.5) is 0 Å². The third-order valence-electron chi connectivity index (χ3n) is 5.53. The molecule has 3 rings (SSSR count). The summed E-state index contributed by atoms with van der Waals surface area (Å²) in [4.78, 5) is 24.0. The van der Waals surface area contributed by atoms with Crippen LogP contribution in [0.2, 0.25) is 0 Å². The van der Waals surface area contributed by atoms with E-state index in [-0.39, 0.29) is 0 Å². The Morgan fingerprint density at radius 3 is 1.11 bits per heavy atom. The Balaban J connectivity index is 1.92. The van der Waals surface area contributed by atoms with E-state index in [2.05, 4.69) is 26.3 Å². The highest BCUT2D eigenvalue weighted by Gasteiger charge is 2.14. The van der Waals surface area contributed by atoms with Gasteiger partial charge in [0.05, 0.1) is 0 Å². The van der Waals surface area contributed by atoms with Gasteiger partial charge in [0.2, 0.25) is 0 Å². The van der Waals surface area contributed by atoms with Gasteiger partial charge in [-0.05, 0) is 85.4 Å². The summed E-state index contributed by atoms with van der Waals surface area (Å²) in [6, 6.07) is 19.4. The summed E-state index contributed by atoms with van der Waals surface area (Å²) in [6.07, 6.45) is 0. The summed E-state index contributed by atoms with van der Waals surface area (Å²) >= 11 is 0. The molecule has 0 aromatic heterocycles. The van der Waals surface area contributed by atoms with Crippen molar-refractivity contribution in [2.45, 2.75) is 27.7 Å². The van der Waals surface area contributed by atoms with E-state index in [4.69, 9.17) is 9.47 Å². The normalized spacial score (nSPS) is 10.3. The van der Waals surface area contributed by atoms with Gasteiger partial charge < -0.3 is 9.47 Å². The summed E-state index contributed by atoms with van der Waals surface area (Å²) in [7, 11) is 0. The summed E-state index contributed by atoms with van der Waals surface area (Å²) < 4.78 is 10.9. The second-order valence-electron chi connectivity index (χ2n) is 8.90. The predicted octanol–water partition coefficient (Wildman–Crippen LogP) is 8.05. The van der Waals surface area contributed by atoms with Crippen molar-refractivity contribution in [2.75, 3.05) is 0 Å². The van der Waals surface area contributed by atoms with Crippen LogP contribution >= 0.6 is 0 Å². The van der Waals surface area contributed by atoms with E-state index in [9.17, 15) is 9.59 Å². The number of carbonyl (C=O) groups excluding carboxylic acids is 2. The minimum Gasteiger partial charge on any atom is -0.423 e. The maximum atomic E-state index is 12.0. The van der Waals surface area contributed by atoms with Crippen LogP contribution in [0.15, 0.2) is 98.1 Å².